The van der Waals surface area contributed by atoms with Crippen LogP contribution in [0.25, 0.3) is 0 Å². The SMILES string of the molecule is Cc1cc(C(C)NC(=O)c2cccc(F)c2F)c(C)o1. The molecule has 1 aromatic carbocycles. The van der Waals surface area contributed by atoms with Crippen molar-refractivity contribution in [2.75, 3.05) is 0 Å². The minimum absolute atomic E-state index is 0.310. The van der Waals surface area contributed by atoms with Gasteiger partial charge in [0, 0.05) is 5.56 Å². The van der Waals surface area contributed by atoms with Gasteiger partial charge in [-0.3, -0.25) is 4.79 Å². The number of furan rings is 1. The third kappa shape index (κ3) is 2.71. The molecule has 5 heteroatoms. The number of amides is 1. The van der Waals surface area contributed by atoms with Gasteiger partial charge in [0.1, 0.15) is 11.5 Å². The number of aryl methyl sites for hydroxylation is 2. The summed E-state index contributed by atoms with van der Waals surface area (Å²) in [7, 11) is 0. The fourth-order valence-corrected chi connectivity index (χ4v) is 2.11. The van der Waals surface area contributed by atoms with Crippen LogP contribution in [0.2, 0.25) is 0 Å². The van der Waals surface area contributed by atoms with E-state index in [1.165, 1.54) is 12.1 Å². The molecule has 0 saturated heterocycles. The Morgan fingerprint density at radius 3 is 2.60 bits per heavy atom. The van der Waals surface area contributed by atoms with Crippen molar-refractivity contribution in [1.82, 2.24) is 5.32 Å². The monoisotopic (exact) mass is 279 g/mol. The number of hydrogen-bond acceptors (Lipinski definition) is 2. The molecule has 0 fully saturated rings. The molecular formula is C15H15F2NO2. The van der Waals surface area contributed by atoms with Crippen LogP contribution in [0.3, 0.4) is 0 Å². The lowest BCUT2D eigenvalue weighted by Crippen LogP contribution is -2.27. The van der Waals surface area contributed by atoms with Crippen LogP contribution in [0.15, 0.2) is 28.7 Å². The van der Waals surface area contributed by atoms with Gasteiger partial charge in [0.2, 0.25) is 0 Å². The van der Waals surface area contributed by atoms with E-state index in [-0.39, 0.29) is 11.6 Å². The van der Waals surface area contributed by atoms with Crippen molar-refractivity contribution in [2.24, 2.45) is 0 Å². The fraction of sp³-hybridized carbons (Fsp3) is 0.267. The third-order valence-electron chi connectivity index (χ3n) is 3.09. The van der Waals surface area contributed by atoms with Crippen molar-refractivity contribution in [3.63, 3.8) is 0 Å². The van der Waals surface area contributed by atoms with Gasteiger partial charge in [-0.1, -0.05) is 6.07 Å². The quantitative estimate of drug-likeness (QED) is 0.931. The Hall–Kier alpha value is -2.17. The molecule has 0 bridgehead atoms. The van der Waals surface area contributed by atoms with Crippen molar-refractivity contribution in [2.45, 2.75) is 26.8 Å². The Bertz CT molecular complexity index is 649. The highest BCUT2D eigenvalue weighted by atomic mass is 19.2. The molecule has 2 rings (SSSR count). The molecule has 1 atom stereocenters. The first-order valence-corrected chi connectivity index (χ1v) is 6.22. The second-order valence-corrected chi connectivity index (χ2v) is 4.67. The summed E-state index contributed by atoms with van der Waals surface area (Å²) in [5.41, 5.74) is 0.502. The summed E-state index contributed by atoms with van der Waals surface area (Å²) in [6.07, 6.45) is 0. The maximum atomic E-state index is 13.5. The number of rotatable bonds is 3. The van der Waals surface area contributed by atoms with E-state index in [4.69, 9.17) is 4.42 Å². The highest BCUT2D eigenvalue weighted by Gasteiger charge is 2.19. The summed E-state index contributed by atoms with van der Waals surface area (Å²) in [5.74, 6) is -1.42. The highest BCUT2D eigenvalue weighted by molar-refractivity contribution is 5.94. The van der Waals surface area contributed by atoms with Crippen molar-refractivity contribution in [3.05, 3.63) is 58.5 Å². The Kier molecular flexibility index (Phi) is 3.88. The summed E-state index contributed by atoms with van der Waals surface area (Å²) >= 11 is 0. The number of halogens is 2. The predicted octanol–water partition coefficient (Wildman–Crippen LogP) is 3.67. The van der Waals surface area contributed by atoms with E-state index < -0.39 is 17.5 Å². The zero-order valence-corrected chi connectivity index (χ0v) is 11.5. The Labute approximate surface area is 115 Å². The van der Waals surface area contributed by atoms with Crippen LogP contribution < -0.4 is 5.32 Å². The van der Waals surface area contributed by atoms with Crippen LogP contribution >= 0.6 is 0 Å². The van der Waals surface area contributed by atoms with E-state index in [0.717, 1.165) is 17.4 Å². The number of hydrogen-bond donors (Lipinski definition) is 1. The number of benzene rings is 1. The highest BCUT2D eigenvalue weighted by Crippen LogP contribution is 2.22. The van der Waals surface area contributed by atoms with Gasteiger partial charge in [-0.15, -0.1) is 0 Å². The Morgan fingerprint density at radius 1 is 1.30 bits per heavy atom. The number of carbonyl (C=O) groups is 1. The van der Waals surface area contributed by atoms with E-state index >= 15 is 0 Å². The molecule has 1 unspecified atom stereocenters. The molecule has 0 spiro atoms. The molecule has 0 aliphatic rings. The first-order chi connectivity index (χ1) is 9.40. The molecule has 106 valence electrons. The summed E-state index contributed by atoms with van der Waals surface area (Å²) in [6.45, 7) is 5.34. The van der Waals surface area contributed by atoms with Gasteiger partial charge in [0.15, 0.2) is 11.6 Å². The van der Waals surface area contributed by atoms with Crippen LogP contribution in [0.4, 0.5) is 8.78 Å². The average Bonchev–Trinajstić information content (AvgIpc) is 2.71. The molecule has 3 nitrogen and oxygen atoms in total. The lowest BCUT2D eigenvalue weighted by molar-refractivity contribution is 0.0934. The maximum Gasteiger partial charge on any atom is 0.254 e. The Balaban J connectivity index is 2.19. The Morgan fingerprint density at radius 2 is 2.00 bits per heavy atom. The van der Waals surface area contributed by atoms with Gasteiger partial charge in [-0.05, 0) is 39.0 Å². The molecule has 1 amide bonds. The lowest BCUT2D eigenvalue weighted by Gasteiger charge is -2.13. The van der Waals surface area contributed by atoms with Crippen LogP contribution in [-0.4, -0.2) is 5.91 Å². The molecule has 0 saturated carbocycles. The second-order valence-electron chi connectivity index (χ2n) is 4.67. The van der Waals surface area contributed by atoms with Crippen molar-refractivity contribution < 1.29 is 18.0 Å². The van der Waals surface area contributed by atoms with Crippen LogP contribution in [0, 0.1) is 25.5 Å². The third-order valence-corrected chi connectivity index (χ3v) is 3.09. The zero-order valence-electron chi connectivity index (χ0n) is 11.5. The van der Waals surface area contributed by atoms with Gasteiger partial charge in [-0.25, -0.2) is 8.78 Å². The standard InChI is InChI=1S/C15H15F2NO2/c1-8-7-12(10(3)20-8)9(2)18-15(19)11-5-4-6-13(16)14(11)17/h4-7,9H,1-3H3,(H,18,19). The van der Waals surface area contributed by atoms with Gasteiger partial charge in [-0.2, -0.15) is 0 Å². The molecule has 1 heterocycles. The minimum Gasteiger partial charge on any atom is -0.466 e. The summed E-state index contributed by atoms with van der Waals surface area (Å²) in [4.78, 5) is 12.0. The molecule has 2 aromatic rings. The number of carbonyl (C=O) groups excluding carboxylic acids is 1. The predicted molar refractivity (Wildman–Crippen MR) is 70.4 cm³/mol. The number of nitrogens with one attached hydrogen (secondary N) is 1. The van der Waals surface area contributed by atoms with E-state index in [2.05, 4.69) is 5.32 Å². The average molecular weight is 279 g/mol. The molecule has 1 N–H and O–H groups in total. The summed E-state index contributed by atoms with van der Waals surface area (Å²) < 4.78 is 32.0. The van der Waals surface area contributed by atoms with Crippen molar-refractivity contribution in [3.8, 4) is 0 Å². The normalized spacial score (nSPS) is 12.2. The van der Waals surface area contributed by atoms with E-state index in [9.17, 15) is 13.6 Å². The van der Waals surface area contributed by atoms with Gasteiger partial charge in [0.25, 0.3) is 5.91 Å². The maximum absolute atomic E-state index is 13.5. The zero-order chi connectivity index (χ0) is 14.9. The van der Waals surface area contributed by atoms with Gasteiger partial charge < -0.3 is 9.73 Å². The molecule has 0 radical (unpaired) electrons. The molecule has 20 heavy (non-hydrogen) atoms. The largest absolute Gasteiger partial charge is 0.466 e. The molecule has 1 aromatic heterocycles. The van der Waals surface area contributed by atoms with E-state index in [1.54, 1.807) is 20.8 Å². The molecule has 0 aliphatic carbocycles. The summed E-state index contributed by atoms with van der Waals surface area (Å²) in [5, 5.41) is 2.63. The van der Waals surface area contributed by atoms with Crippen LogP contribution in [0.5, 0.6) is 0 Å². The fourth-order valence-electron chi connectivity index (χ4n) is 2.11. The van der Waals surface area contributed by atoms with Crippen molar-refractivity contribution >= 4 is 5.91 Å². The first kappa shape index (κ1) is 14.2. The first-order valence-electron chi connectivity index (χ1n) is 6.22. The second kappa shape index (κ2) is 5.45. The topological polar surface area (TPSA) is 42.2 Å². The molecule has 0 aliphatic heterocycles. The van der Waals surface area contributed by atoms with Gasteiger partial charge >= 0.3 is 0 Å². The minimum atomic E-state index is -1.14. The molecular weight excluding hydrogens is 264 g/mol. The smallest absolute Gasteiger partial charge is 0.254 e. The lowest BCUT2D eigenvalue weighted by atomic mass is 10.1. The van der Waals surface area contributed by atoms with E-state index in [1.807, 2.05) is 6.07 Å². The van der Waals surface area contributed by atoms with E-state index in [0.29, 0.717) is 5.76 Å². The van der Waals surface area contributed by atoms with Crippen molar-refractivity contribution in [1.29, 1.82) is 0 Å². The van der Waals surface area contributed by atoms with Crippen LogP contribution in [0.1, 0.15) is 40.4 Å². The van der Waals surface area contributed by atoms with Gasteiger partial charge in [0.05, 0.1) is 11.6 Å². The van der Waals surface area contributed by atoms with Crippen LogP contribution in [-0.2, 0) is 0 Å². The summed E-state index contributed by atoms with van der Waals surface area (Å²) in [6, 6.07) is 4.96.